The van der Waals surface area contributed by atoms with Crippen LogP contribution in [0.2, 0.25) is 0 Å². The van der Waals surface area contributed by atoms with Crippen LogP contribution in [0, 0.1) is 11.3 Å². The number of nitrogens with zero attached hydrogens (tertiary/aromatic N) is 3. The second-order valence-corrected chi connectivity index (χ2v) is 9.67. The Hall–Kier alpha value is -3.43. The Morgan fingerprint density at radius 2 is 1.62 bits per heavy atom. The first kappa shape index (κ1) is 22.4. The van der Waals surface area contributed by atoms with Gasteiger partial charge in [0, 0.05) is 32.6 Å². The first-order valence-electron chi connectivity index (χ1n) is 12.1. The first-order valence-corrected chi connectivity index (χ1v) is 12.1. The lowest BCUT2D eigenvalue weighted by molar-refractivity contribution is -0.121. The van der Waals surface area contributed by atoms with Gasteiger partial charge in [0.1, 0.15) is 5.54 Å². The molecule has 2 fully saturated rings. The normalized spacial score (nSPS) is 21.9. The van der Waals surface area contributed by atoms with E-state index in [1.807, 2.05) is 41.3 Å². The number of hydrogen-bond acceptors (Lipinski definition) is 4. The summed E-state index contributed by atoms with van der Waals surface area (Å²) in [5.74, 6) is -0.0687. The summed E-state index contributed by atoms with van der Waals surface area (Å²) in [6, 6.07) is 21.1. The smallest absolute Gasteiger partial charge is 0.255 e. The van der Waals surface area contributed by atoms with Crippen molar-refractivity contribution in [2.45, 2.75) is 44.2 Å². The number of piperidine rings is 2. The fourth-order valence-electron chi connectivity index (χ4n) is 5.79. The summed E-state index contributed by atoms with van der Waals surface area (Å²) in [6.07, 6.45) is 3.31. The largest absolute Gasteiger partial charge is 0.338 e. The topological polar surface area (TPSA) is 76.4 Å². The quantitative estimate of drug-likeness (QED) is 0.605. The predicted octanol–water partition coefficient (Wildman–Crippen LogP) is 4.09. The molecular weight excluding hydrogens is 424 g/mol. The van der Waals surface area contributed by atoms with E-state index in [1.54, 1.807) is 0 Å². The van der Waals surface area contributed by atoms with E-state index in [1.165, 1.54) is 6.92 Å². The summed E-state index contributed by atoms with van der Waals surface area (Å²) in [4.78, 5) is 29.8. The van der Waals surface area contributed by atoms with Crippen molar-refractivity contribution in [3.8, 4) is 6.07 Å². The molecule has 2 aliphatic heterocycles. The van der Waals surface area contributed by atoms with Crippen LogP contribution in [0.25, 0.3) is 21.5 Å². The lowest BCUT2D eigenvalue weighted by Gasteiger charge is -2.45. The first-order chi connectivity index (χ1) is 16.5. The van der Waals surface area contributed by atoms with Crippen LogP contribution in [0.15, 0.2) is 54.6 Å². The van der Waals surface area contributed by atoms with Gasteiger partial charge in [0.15, 0.2) is 0 Å². The molecule has 3 aromatic carbocycles. The van der Waals surface area contributed by atoms with Gasteiger partial charge in [-0.05, 0) is 59.8 Å². The lowest BCUT2D eigenvalue weighted by atomic mass is 9.88. The molecule has 1 atom stereocenters. The Balaban J connectivity index is 1.35. The van der Waals surface area contributed by atoms with Crippen molar-refractivity contribution in [1.29, 1.82) is 5.26 Å². The number of fused-ring (bicyclic) bond motifs is 2. The molecule has 0 aromatic heterocycles. The molecule has 5 rings (SSSR count). The number of nitrogens with one attached hydrogen (secondary N) is 1. The van der Waals surface area contributed by atoms with Crippen molar-refractivity contribution in [3.63, 3.8) is 0 Å². The van der Waals surface area contributed by atoms with Crippen LogP contribution >= 0.6 is 0 Å². The number of rotatable bonds is 3. The average molecular weight is 455 g/mol. The monoisotopic (exact) mass is 454 g/mol. The van der Waals surface area contributed by atoms with Gasteiger partial charge in [-0.1, -0.05) is 48.5 Å². The third-order valence-corrected chi connectivity index (χ3v) is 7.40. The Kier molecular flexibility index (Phi) is 5.97. The standard InChI is InChI=1S/C28H30N4O2/c1-20(33)30-28(18-29)13-6-14-32(19-28)23-11-15-31(16-12-23)27(34)26-24-9-4-2-7-21(24)17-22-8-3-5-10-25(22)26/h2-5,7-10,17,23H,6,11-16,19H2,1H3,(H,30,33). The van der Waals surface area contributed by atoms with Crippen LogP contribution in [0.3, 0.4) is 0 Å². The van der Waals surface area contributed by atoms with Gasteiger partial charge in [0.25, 0.3) is 5.91 Å². The number of nitriles is 1. The Morgan fingerprint density at radius 1 is 1.00 bits per heavy atom. The summed E-state index contributed by atoms with van der Waals surface area (Å²) >= 11 is 0. The molecule has 174 valence electrons. The zero-order valence-electron chi connectivity index (χ0n) is 19.6. The summed E-state index contributed by atoms with van der Waals surface area (Å²) in [6.45, 7) is 4.33. The molecule has 0 spiro atoms. The van der Waals surface area contributed by atoms with Gasteiger partial charge >= 0.3 is 0 Å². The van der Waals surface area contributed by atoms with Crippen LogP contribution in [0.4, 0.5) is 0 Å². The number of carbonyl (C=O) groups is 2. The number of carbonyl (C=O) groups excluding carboxylic acids is 2. The van der Waals surface area contributed by atoms with Gasteiger partial charge in [0.05, 0.1) is 11.6 Å². The third-order valence-electron chi connectivity index (χ3n) is 7.40. The fraction of sp³-hybridized carbons (Fsp3) is 0.393. The van der Waals surface area contributed by atoms with E-state index in [0.29, 0.717) is 32.1 Å². The Labute approximate surface area is 200 Å². The summed E-state index contributed by atoms with van der Waals surface area (Å²) in [7, 11) is 0. The maximum Gasteiger partial charge on any atom is 0.255 e. The predicted molar refractivity (Wildman–Crippen MR) is 133 cm³/mol. The van der Waals surface area contributed by atoms with Crippen molar-refractivity contribution >= 4 is 33.4 Å². The van der Waals surface area contributed by atoms with Crippen molar-refractivity contribution in [2.75, 3.05) is 26.2 Å². The lowest BCUT2D eigenvalue weighted by Crippen LogP contribution is -2.60. The zero-order chi connectivity index (χ0) is 23.7. The van der Waals surface area contributed by atoms with E-state index in [9.17, 15) is 14.9 Å². The molecule has 6 nitrogen and oxygen atoms in total. The molecule has 0 radical (unpaired) electrons. The fourth-order valence-corrected chi connectivity index (χ4v) is 5.79. The molecule has 2 amide bonds. The molecule has 2 aliphatic rings. The van der Waals surface area contributed by atoms with E-state index >= 15 is 0 Å². The molecule has 0 bridgehead atoms. The van der Waals surface area contributed by atoms with Crippen LogP contribution in [-0.4, -0.2) is 59.4 Å². The summed E-state index contributed by atoms with van der Waals surface area (Å²) in [5.41, 5.74) is -0.0156. The number of benzene rings is 3. The zero-order valence-corrected chi connectivity index (χ0v) is 19.6. The third kappa shape index (κ3) is 4.12. The Bertz CT molecular complexity index is 1230. The van der Waals surface area contributed by atoms with E-state index < -0.39 is 5.54 Å². The minimum atomic E-state index is -0.807. The summed E-state index contributed by atoms with van der Waals surface area (Å²) < 4.78 is 0. The molecule has 3 aromatic rings. The number of likely N-dealkylation sites (tertiary alicyclic amines) is 2. The van der Waals surface area contributed by atoms with Gasteiger partial charge in [-0.3, -0.25) is 14.5 Å². The highest BCUT2D eigenvalue weighted by atomic mass is 16.2. The number of hydrogen-bond donors (Lipinski definition) is 1. The molecule has 0 saturated carbocycles. The SMILES string of the molecule is CC(=O)NC1(C#N)CCCN(C2CCN(C(=O)c3c4ccccc4cc4ccccc34)CC2)C1. The highest BCUT2D eigenvalue weighted by Gasteiger charge is 2.39. The van der Waals surface area contributed by atoms with Gasteiger partial charge < -0.3 is 10.2 Å². The van der Waals surface area contributed by atoms with E-state index in [4.69, 9.17) is 0 Å². The molecule has 34 heavy (non-hydrogen) atoms. The Morgan fingerprint density at radius 3 is 2.21 bits per heavy atom. The molecular formula is C28H30N4O2. The highest BCUT2D eigenvalue weighted by molar-refractivity contribution is 6.18. The van der Waals surface area contributed by atoms with E-state index in [-0.39, 0.29) is 11.8 Å². The van der Waals surface area contributed by atoms with Gasteiger partial charge in [-0.25, -0.2) is 0 Å². The van der Waals surface area contributed by atoms with Crippen LogP contribution in [0.1, 0.15) is 43.0 Å². The van der Waals surface area contributed by atoms with Crippen molar-refractivity contribution in [2.24, 2.45) is 0 Å². The van der Waals surface area contributed by atoms with Crippen LogP contribution in [0.5, 0.6) is 0 Å². The van der Waals surface area contributed by atoms with Gasteiger partial charge in [-0.15, -0.1) is 0 Å². The maximum absolute atomic E-state index is 13.8. The maximum atomic E-state index is 13.8. The molecule has 0 aliphatic carbocycles. The highest BCUT2D eigenvalue weighted by Crippen LogP contribution is 2.31. The average Bonchev–Trinajstić information content (AvgIpc) is 2.86. The van der Waals surface area contributed by atoms with Crippen molar-refractivity contribution < 1.29 is 9.59 Å². The molecule has 6 heteroatoms. The second kappa shape index (κ2) is 9.08. The molecule has 2 heterocycles. The van der Waals surface area contributed by atoms with E-state index in [0.717, 1.165) is 52.9 Å². The molecule has 2 saturated heterocycles. The molecule has 1 unspecified atom stereocenters. The van der Waals surface area contributed by atoms with Crippen molar-refractivity contribution in [3.05, 3.63) is 60.2 Å². The van der Waals surface area contributed by atoms with Crippen LogP contribution in [-0.2, 0) is 4.79 Å². The van der Waals surface area contributed by atoms with Gasteiger partial charge in [-0.2, -0.15) is 5.26 Å². The van der Waals surface area contributed by atoms with Crippen molar-refractivity contribution in [1.82, 2.24) is 15.1 Å². The molecule has 1 N–H and O–H groups in total. The van der Waals surface area contributed by atoms with Gasteiger partial charge in [0.2, 0.25) is 5.91 Å². The minimum absolute atomic E-state index is 0.0923. The summed E-state index contributed by atoms with van der Waals surface area (Å²) in [5, 5.41) is 16.8. The van der Waals surface area contributed by atoms with Crippen LogP contribution < -0.4 is 5.32 Å². The number of amides is 2. The van der Waals surface area contributed by atoms with E-state index in [2.05, 4.69) is 34.5 Å². The minimum Gasteiger partial charge on any atom is -0.338 e. The second-order valence-electron chi connectivity index (χ2n) is 9.67.